The van der Waals surface area contributed by atoms with E-state index in [0.717, 1.165) is 76.1 Å². The van der Waals surface area contributed by atoms with Crippen molar-refractivity contribution in [2.75, 3.05) is 52.3 Å². The van der Waals surface area contributed by atoms with Gasteiger partial charge in [0.25, 0.3) is 5.56 Å². The number of benzene rings is 2. The third-order valence-electron chi connectivity index (χ3n) is 11.6. The zero-order valence-electron chi connectivity index (χ0n) is 32.0. The van der Waals surface area contributed by atoms with Gasteiger partial charge in [-0.3, -0.25) is 18.8 Å². The first-order valence-corrected chi connectivity index (χ1v) is 18.9. The van der Waals surface area contributed by atoms with Crippen molar-refractivity contribution in [2.45, 2.75) is 44.7 Å². The number of rotatable bonds is 9. The molecule has 13 nitrogen and oxygen atoms in total. The van der Waals surface area contributed by atoms with Gasteiger partial charge in [0.2, 0.25) is 5.88 Å². The molecule has 0 saturated carbocycles. The molecule has 0 unspecified atom stereocenters. The van der Waals surface area contributed by atoms with E-state index in [-0.39, 0.29) is 17.6 Å². The molecule has 1 spiro atoms. The number of likely N-dealkylation sites (tertiary alicyclic amines) is 1. The van der Waals surface area contributed by atoms with Crippen LogP contribution in [-0.4, -0.2) is 87.5 Å². The Balaban J connectivity index is 1.10. The summed E-state index contributed by atoms with van der Waals surface area (Å²) in [5, 5.41) is 7.58. The number of amides is 2. The predicted molar refractivity (Wildman–Crippen MR) is 214 cm³/mol. The topological polar surface area (TPSA) is 136 Å². The summed E-state index contributed by atoms with van der Waals surface area (Å²) in [5.41, 5.74) is 7.32. The number of aromatic nitrogens is 4. The molecule has 2 aromatic carbocycles. The van der Waals surface area contributed by atoms with Gasteiger partial charge in [-0.1, -0.05) is 41.9 Å². The molecule has 2 fully saturated rings. The molecule has 5 aromatic rings. The fourth-order valence-electron chi connectivity index (χ4n) is 8.74. The maximum atomic E-state index is 13.3. The number of nitrogens with zero attached hydrogens (tertiary/aromatic N) is 6. The number of nitrogens with one attached hydrogen (secondary N) is 2. The van der Waals surface area contributed by atoms with Crippen molar-refractivity contribution in [1.29, 1.82) is 0 Å². The number of pyridine rings is 2. The number of carbonyl (C=O) groups excluding carboxylic acids is 1. The van der Waals surface area contributed by atoms with E-state index in [1.165, 1.54) is 17.2 Å². The van der Waals surface area contributed by atoms with Gasteiger partial charge >= 0.3 is 11.7 Å². The maximum absolute atomic E-state index is 13.3. The molecular weight excluding hydrogens is 720 g/mol. The van der Waals surface area contributed by atoms with E-state index in [0.29, 0.717) is 53.0 Å². The van der Waals surface area contributed by atoms with Crippen molar-refractivity contribution in [3.05, 3.63) is 96.8 Å². The summed E-state index contributed by atoms with van der Waals surface area (Å²) >= 11 is 7.29. The Kier molecular flexibility index (Phi) is 9.43. The summed E-state index contributed by atoms with van der Waals surface area (Å²) in [7, 11) is 6.44. The van der Waals surface area contributed by atoms with Gasteiger partial charge in [-0.05, 0) is 68.0 Å². The SMILES string of the molecule is COCCN1C[C@@]2(CCN([C@@H]3CCc4cc(-c5cccc(-c6cccc(Nc7nc(C)cc8c7c(=O)n(C)c(=O)n8C)c6C)c5Cl)nc(OC)c43)C2)NC1=O. The number of halogens is 1. The molecule has 2 saturated heterocycles. The molecule has 2 N–H and O–H groups in total. The minimum Gasteiger partial charge on any atom is -0.481 e. The van der Waals surface area contributed by atoms with Crippen LogP contribution in [0.25, 0.3) is 33.3 Å². The zero-order valence-corrected chi connectivity index (χ0v) is 32.7. The van der Waals surface area contributed by atoms with Crippen LogP contribution in [0.1, 0.15) is 41.3 Å². The Morgan fingerprint density at radius 2 is 1.75 bits per heavy atom. The van der Waals surface area contributed by atoms with Gasteiger partial charge in [0.05, 0.1) is 35.5 Å². The summed E-state index contributed by atoms with van der Waals surface area (Å²) in [5.74, 6) is 0.971. The summed E-state index contributed by atoms with van der Waals surface area (Å²) in [6.07, 6.45) is 2.71. The van der Waals surface area contributed by atoms with Crippen LogP contribution in [0.2, 0.25) is 5.02 Å². The normalized spacial score (nSPS) is 19.4. The molecule has 5 heterocycles. The maximum Gasteiger partial charge on any atom is 0.330 e. The molecule has 55 heavy (non-hydrogen) atoms. The molecule has 8 rings (SSSR count). The van der Waals surface area contributed by atoms with Gasteiger partial charge in [-0.15, -0.1) is 0 Å². The monoisotopic (exact) mass is 764 g/mol. The van der Waals surface area contributed by atoms with E-state index in [9.17, 15) is 14.4 Å². The van der Waals surface area contributed by atoms with Gasteiger partial charge in [0, 0.05) is 81.5 Å². The Bertz CT molecular complexity index is 2500. The van der Waals surface area contributed by atoms with E-state index in [4.69, 9.17) is 26.1 Å². The van der Waals surface area contributed by atoms with Crippen LogP contribution in [0.15, 0.2) is 58.1 Å². The smallest absolute Gasteiger partial charge is 0.330 e. The number of carbonyl (C=O) groups is 1. The molecule has 14 heteroatoms. The Morgan fingerprint density at radius 1 is 0.982 bits per heavy atom. The lowest BCUT2D eigenvalue weighted by molar-refractivity contribution is 0.158. The highest BCUT2D eigenvalue weighted by Crippen LogP contribution is 2.46. The fraction of sp³-hybridized carbons (Fsp3) is 0.390. The van der Waals surface area contributed by atoms with Crippen LogP contribution in [0, 0.1) is 13.8 Å². The van der Waals surface area contributed by atoms with Gasteiger partial charge in [-0.2, -0.15) is 0 Å². The summed E-state index contributed by atoms with van der Waals surface area (Å²) in [4.78, 5) is 52.9. The lowest BCUT2D eigenvalue weighted by Gasteiger charge is -2.28. The van der Waals surface area contributed by atoms with Crippen LogP contribution >= 0.6 is 11.6 Å². The van der Waals surface area contributed by atoms with E-state index in [1.54, 1.807) is 27.3 Å². The molecule has 2 aliphatic heterocycles. The summed E-state index contributed by atoms with van der Waals surface area (Å²) in [6, 6.07) is 15.9. The van der Waals surface area contributed by atoms with Gasteiger partial charge in [0.15, 0.2) is 0 Å². The lowest BCUT2D eigenvalue weighted by atomic mass is 9.96. The second kappa shape index (κ2) is 14.1. The quantitative estimate of drug-likeness (QED) is 0.200. The standard InChI is InChI=1S/C41H45ClN8O5/c1-23-19-32-34(38(51)48(4)40(53)47(32)3)36(43-23)44-29-12-8-9-26(24(29)2)27-10-7-11-28(35(27)42)30-20-25-13-14-31(33(25)37(45-30)55-6)49-16-15-41(21-49)22-50(17-18-54-5)39(52)46-41/h7-12,19-20,31H,13-18,21-22H2,1-6H3,(H,43,44)(H,46,52)/t31-,41+/m1/s1. The van der Waals surface area contributed by atoms with Crippen molar-refractivity contribution in [2.24, 2.45) is 14.1 Å². The number of aryl methyl sites for hydroxylation is 3. The average molecular weight is 765 g/mol. The number of urea groups is 1. The molecule has 0 bridgehead atoms. The number of methoxy groups -OCH3 is 2. The van der Waals surface area contributed by atoms with Gasteiger partial charge in [0.1, 0.15) is 11.2 Å². The Hall–Kier alpha value is -5.24. The third-order valence-corrected chi connectivity index (χ3v) is 12.0. The molecule has 1 aliphatic carbocycles. The molecule has 286 valence electrons. The highest BCUT2D eigenvalue weighted by Gasteiger charge is 2.49. The minimum atomic E-state index is -0.419. The molecule has 0 radical (unpaired) electrons. The second-order valence-electron chi connectivity index (χ2n) is 15.0. The van der Waals surface area contributed by atoms with Crippen molar-refractivity contribution in [3.8, 4) is 28.3 Å². The summed E-state index contributed by atoms with van der Waals surface area (Å²) in [6.45, 7) is 7.25. The molecule has 3 aliphatic rings. The summed E-state index contributed by atoms with van der Waals surface area (Å²) < 4.78 is 13.8. The van der Waals surface area contributed by atoms with Crippen molar-refractivity contribution < 1.29 is 14.3 Å². The largest absolute Gasteiger partial charge is 0.481 e. The van der Waals surface area contributed by atoms with Crippen LogP contribution in [-0.2, 0) is 25.3 Å². The first-order valence-electron chi connectivity index (χ1n) is 18.5. The van der Waals surface area contributed by atoms with Crippen LogP contribution in [0.4, 0.5) is 16.3 Å². The fourth-order valence-corrected chi connectivity index (χ4v) is 9.06. The lowest BCUT2D eigenvalue weighted by Crippen LogP contribution is -2.46. The number of anilines is 2. The van der Waals surface area contributed by atoms with E-state index >= 15 is 0 Å². The van der Waals surface area contributed by atoms with Crippen molar-refractivity contribution >= 4 is 40.0 Å². The first-order chi connectivity index (χ1) is 26.4. The third kappa shape index (κ3) is 6.24. The van der Waals surface area contributed by atoms with Crippen LogP contribution in [0.5, 0.6) is 5.88 Å². The zero-order chi connectivity index (χ0) is 38.8. The van der Waals surface area contributed by atoms with Crippen LogP contribution < -0.4 is 26.6 Å². The molecule has 2 atom stereocenters. The number of fused-ring (bicyclic) bond motifs is 2. The van der Waals surface area contributed by atoms with Gasteiger partial charge in [-0.25, -0.2) is 19.6 Å². The van der Waals surface area contributed by atoms with Crippen molar-refractivity contribution in [1.82, 2.24) is 34.2 Å². The molecular formula is C41H45ClN8O5. The van der Waals surface area contributed by atoms with Crippen LogP contribution in [0.3, 0.4) is 0 Å². The number of hydrogen-bond donors (Lipinski definition) is 2. The van der Waals surface area contributed by atoms with Gasteiger partial charge < -0.3 is 25.0 Å². The highest BCUT2D eigenvalue weighted by atomic mass is 35.5. The minimum absolute atomic E-state index is 0.0231. The second-order valence-corrected chi connectivity index (χ2v) is 15.3. The predicted octanol–water partition coefficient (Wildman–Crippen LogP) is 5.49. The van der Waals surface area contributed by atoms with E-state index in [1.807, 2.05) is 55.1 Å². The van der Waals surface area contributed by atoms with E-state index in [2.05, 4.69) is 26.6 Å². The molecule has 3 aromatic heterocycles. The number of hydrogen-bond acceptors (Lipinski definition) is 9. The average Bonchev–Trinajstić information content (AvgIpc) is 3.88. The first kappa shape index (κ1) is 36.7. The Labute approximate surface area is 323 Å². The highest BCUT2D eigenvalue weighted by molar-refractivity contribution is 6.36. The Morgan fingerprint density at radius 3 is 2.53 bits per heavy atom. The van der Waals surface area contributed by atoms with E-state index < -0.39 is 11.2 Å². The van der Waals surface area contributed by atoms with Crippen molar-refractivity contribution in [3.63, 3.8) is 0 Å². The number of ether oxygens (including phenoxy) is 2. The molecule has 2 amide bonds.